The third-order valence-electron chi connectivity index (χ3n) is 3.76. The van der Waals surface area contributed by atoms with Crippen molar-refractivity contribution in [2.75, 3.05) is 20.3 Å². The molecule has 1 amide bonds. The molecular weight excluding hydrogens is 280 g/mol. The summed E-state index contributed by atoms with van der Waals surface area (Å²) < 4.78 is 11.0. The summed E-state index contributed by atoms with van der Waals surface area (Å²) >= 11 is 0. The topological polar surface area (TPSA) is 73.6 Å². The molecule has 122 valence electrons. The van der Waals surface area contributed by atoms with Crippen molar-refractivity contribution in [2.24, 2.45) is 17.6 Å². The van der Waals surface area contributed by atoms with Crippen LogP contribution in [0, 0.1) is 11.8 Å². The van der Waals surface area contributed by atoms with E-state index in [0.29, 0.717) is 42.0 Å². The molecule has 0 radical (unpaired) electrons. The van der Waals surface area contributed by atoms with Crippen molar-refractivity contribution in [3.8, 4) is 11.5 Å². The Hall–Kier alpha value is -1.75. The highest BCUT2D eigenvalue weighted by atomic mass is 16.5. The minimum absolute atomic E-state index is 0.0652. The molecule has 5 nitrogen and oxygen atoms in total. The van der Waals surface area contributed by atoms with Crippen LogP contribution in [-0.4, -0.2) is 32.2 Å². The van der Waals surface area contributed by atoms with Crippen LogP contribution < -0.4 is 20.5 Å². The number of hydrogen-bond donors (Lipinski definition) is 2. The molecule has 0 heterocycles. The predicted octanol–water partition coefficient (Wildman–Crippen LogP) is 2.20. The van der Waals surface area contributed by atoms with Crippen molar-refractivity contribution in [3.63, 3.8) is 0 Å². The summed E-state index contributed by atoms with van der Waals surface area (Å²) in [6, 6.07) is 5.32. The fraction of sp³-hybridized carbons (Fsp3) is 0.588. The van der Waals surface area contributed by atoms with E-state index in [9.17, 15) is 4.79 Å². The largest absolute Gasteiger partial charge is 0.493 e. The van der Waals surface area contributed by atoms with E-state index in [1.54, 1.807) is 25.3 Å². The van der Waals surface area contributed by atoms with Crippen molar-refractivity contribution in [3.05, 3.63) is 23.8 Å². The molecule has 0 spiro atoms. The monoisotopic (exact) mass is 306 g/mol. The molecule has 5 heteroatoms. The van der Waals surface area contributed by atoms with Gasteiger partial charge in [0.2, 0.25) is 0 Å². The van der Waals surface area contributed by atoms with E-state index in [2.05, 4.69) is 19.2 Å². The first-order chi connectivity index (χ1) is 10.5. The van der Waals surface area contributed by atoms with E-state index in [0.717, 1.165) is 12.8 Å². The number of benzene rings is 1. The first kappa shape index (κ1) is 16.6. The lowest BCUT2D eigenvalue weighted by atomic mass is 10.1. The van der Waals surface area contributed by atoms with Crippen LogP contribution in [-0.2, 0) is 0 Å². The van der Waals surface area contributed by atoms with Crippen molar-refractivity contribution < 1.29 is 14.3 Å². The van der Waals surface area contributed by atoms with Crippen molar-refractivity contribution >= 4 is 5.91 Å². The minimum atomic E-state index is -0.115. The number of hydrogen-bond acceptors (Lipinski definition) is 4. The molecule has 22 heavy (non-hydrogen) atoms. The Morgan fingerprint density at radius 1 is 1.36 bits per heavy atom. The third-order valence-corrected chi connectivity index (χ3v) is 3.76. The van der Waals surface area contributed by atoms with E-state index >= 15 is 0 Å². The maximum Gasteiger partial charge on any atom is 0.251 e. The van der Waals surface area contributed by atoms with Gasteiger partial charge in [-0.25, -0.2) is 0 Å². The molecule has 0 aliphatic heterocycles. The Kier molecular flexibility index (Phi) is 5.66. The highest BCUT2D eigenvalue weighted by Gasteiger charge is 2.31. The van der Waals surface area contributed by atoms with Crippen LogP contribution in [0.1, 0.15) is 37.0 Å². The number of amides is 1. The van der Waals surface area contributed by atoms with Crippen LogP contribution >= 0.6 is 0 Å². The van der Waals surface area contributed by atoms with Crippen LogP contribution in [0.3, 0.4) is 0 Å². The molecule has 1 aliphatic carbocycles. The molecule has 1 unspecified atom stereocenters. The molecule has 3 N–H and O–H groups in total. The number of rotatable bonds is 8. The molecule has 1 aromatic carbocycles. The highest BCUT2D eigenvalue weighted by molar-refractivity contribution is 5.95. The van der Waals surface area contributed by atoms with Crippen LogP contribution in [0.5, 0.6) is 11.5 Å². The first-order valence-electron chi connectivity index (χ1n) is 7.87. The zero-order chi connectivity index (χ0) is 16.1. The maximum absolute atomic E-state index is 12.3. The molecule has 1 saturated carbocycles. The number of ether oxygens (including phenoxy) is 2. The first-order valence-corrected chi connectivity index (χ1v) is 7.87. The molecule has 1 aliphatic rings. The molecular formula is C17H26N2O3. The average Bonchev–Trinajstić information content (AvgIpc) is 3.34. The van der Waals surface area contributed by atoms with Gasteiger partial charge < -0.3 is 20.5 Å². The SMILES string of the molecule is COc1cc(C(=O)NC(CN)C2CC2)ccc1OCC(C)C. The van der Waals surface area contributed by atoms with E-state index in [1.165, 1.54) is 0 Å². The van der Waals surface area contributed by atoms with Crippen LogP contribution in [0.25, 0.3) is 0 Å². The van der Waals surface area contributed by atoms with Crippen molar-refractivity contribution in [1.82, 2.24) is 5.32 Å². The van der Waals surface area contributed by atoms with Gasteiger partial charge in [0.25, 0.3) is 5.91 Å². The Morgan fingerprint density at radius 3 is 2.64 bits per heavy atom. The quantitative estimate of drug-likeness (QED) is 0.772. The molecule has 2 rings (SSSR count). The summed E-state index contributed by atoms with van der Waals surface area (Å²) in [4.78, 5) is 12.3. The number of methoxy groups -OCH3 is 1. The lowest BCUT2D eigenvalue weighted by Gasteiger charge is -2.17. The summed E-state index contributed by atoms with van der Waals surface area (Å²) in [5.41, 5.74) is 6.29. The number of carbonyl (C=O) groups excluding carboxylic acids is 1. The molecule has 1 fully saturated rings. The summed E-state index contributed by atoms with van der Waals surface area (Å²) in [6.07, 6.45) is 2.29. The standard InChI is InChI=1S/C17H26N2O3/c1-11(2)10-22-15-7-6-13(8-16(15)21-3)17(20)19-14(9-18)12-4-5-12/h6-8,11-12,14H,4-5,9-10,18H2,1-3H3,(H,19,20). The number of nitrogens with one attached hydrogen (secondary N) is 1. The number of nitrogens with two attached hydrogens (primary N) is 1. The second-order valence-electron chi connectivity index (χ2n) is 6.22. The number of carbonyl (C=O) groups is 1. The maximum atomic E-state index is 12.3. The average molecular weight is 306 g/mol. The Bertz CT molecular complexity index is 513. The van der Waals surface area contributed by atoms with Crippen LogP contribution in [0.15, 0.2) is 18.2 Å². The zero-order valence-electron chi connectivity index (χ0n) is 13.6. The van der Waals surface area contributed by atoms with Gasteiger partial charge in [-0.2, -0.15) is 0 Å². The second kappa shape index (κ2) is 7.49. The fourth-order valence-corrected chi connectivity index (χ4v) is 2.30. The van der Waals surface area contributed by atoms with E-state index in [-0.39, 0.29) is 11.9 Å². The van der Waals surface area contributed by atoms with Gasteiger partial charge in [-0.1, -0.05) is 13.8 Å². The lowest BCUT2D eigenvalue weighted by molar-refractivity contribution is 0.0933. The van der Waals surface area contributed by atoms with Crippen molar-refractivity contribution in [2.45, 2.75) is 32.7 Å². The van der Waals surface area contributed by atoms with Gasteiger partial charge >= 0.3 is 0 Å². The van der Waals surface area contributed by atoms with Crippen molar-refractivity contribution in [1.29, 1.82) is 0 Å². The molecule has 1 atom stereocenters. The molecule has 0 aromatic heterocycles. The predicted molar refractivity (Wildman–Crippen MR) is 86.4 cm³/mol. The smallest absolute Gasteiger partial charge is 0.251 e. The van der Waals surface area contributed by atoms with Crippen LogP contribution in [0.2, 0.25) is 0 Å². The Morgan fingerprint density at radius 2 is 2.09 bits per heavy atom. The zero-order valence-corrected chi connectivity index (χ0v) is 13.6. The summed E-state index contributed by atoms with van der Waals surface area (Å²) in [7, 11) is 1.58. The molecule has 0 bridgehead atoms. The van der Waals surface area contributed by atoms with Crippen LogP contribution in [0.4, 0.5) is 0 Å². The van der Waals surface area contributed by atoms with E-state index < -0.39 is 0 Å². The van der Waals surface area contributed by atoms with E-state index in [4.69, 9.17) is 15.2 Å². The van der Waals surface area contributed by atoms with Gasteiger partial charge in [0.15, 0.2) is 11.5 Å². The fourth-order valence-electron chi connectivity index (χ4n) is 2.30. The lowest BCUT2D eigenvalue weighted by Crippen LogP contribution is -2.41. The molecule has 0 saturated heterocycles. The summed E-state index contributed by atoms with van der Waals surface area (Å²) in [5, 5.41) is 3.01. The Labute approximate surface area is 132 Å². The highest BCUT2D eigenvalue weighted by Crippen LogP contribution is 2.33. The summed E-state index contributed by atoms with van der Waals surface area (Å²) in [5.74, 6) is 2.08. The minimum Gasteiger partial charge on any atom is -0.493 e. The van der Waals surface area contributed by atoms with Gasteiger partial charge in [0, 0.05) is 18.2 Å². The van der Waals surface area contributed by atoms with E-state index in [1.807, 2.05) is 0 Å². The summed E-state index contributed by atoms with van der Waals surface area (Å²) in [6.45, 7) is 5.25. The van der Waals surface area contributed by atoms with Gasteiger partial charge in [0.1, 0.15) is 0 Å². The van der Waals surface area contributed by atoms with Gasteiger partial charge in [-0.3, -0.25) is 4.79 Å². The Balaban J connectivity index is 2.05. The van der Waals surface area contributed by atoms with Gasteiger partial charge in [0.05, 0.1) is 13.7 Å². The third kappa shape index (κ3) is 4.37. The second-order valence-corrected chi connectivity index (χ2v) is 6.22. The molecule has 1 aromatic rings. The normalized spacial score (nSPS) is 15.5. The van der Waals surface area contributed by atoms with Gasteiger partial charge in [-0.05, 0) is 42.9 Å². The van der Waals surface area contributed by atoms with Gasteiger partial charge in [-0.15, -0.1) is 0 Å².